The third-order valence-electron chi connectivity index (χ3n) is 4.37. The Morgan fingerprint density at radius 1 is 0.950 bits per heavy atom. The van der Waals surface area contributed by atoms with Crippen molar-refractivity contribution in [3.63, 3.8) is 0 Å². The molecule has 0 bridgehead atoms. The van der Waals surface area contributed by atoms with E-state index >= 15 is 0 Å². The molecule has 0 radical (unpaired) electrons. The van der Waals surface area contributed by atoms with E-state index in [9.17, 15) is 0 Å². The Bertz CT molecular complexity index is 418. The van der Waals surface area contributed by atoms with Crippen LogP contribution >= 0.6 is 0 Å². The number of hydrogen-bond acceptors (Lipinski definition) is 5. The highest BCUT2D eigenvalue weighted by atomic mass is 16.8. The molecule has 20 heavy (non-hydrogen) atoms. The summed E-state index contributed by atoms with van der Waals surface area (Å²) in [6.45, 7) is 14.2. The lowest BCUT2D eigenvalue weighted by Gasteiger charge is -2.34. The summed E-state index contributed by atoms with van der Waals surface area (Å²) in [4.78, 5) is 0. The summed E-state index contributed by atoms with van der Waals surface area (Å²) in [5.41, 5.74) is -0.368. The Labute approximate surface area is 120 Å². The van der Waals surface area contributed by atoms with Gasteiger partial charge in [0.1, 0.15) is 18.3 Å². The Morgan fingerprint density at radius 3 is 2.20 bits per heavy atom. The molecule has 114 valence electrons. The average Bonchev–Trinajstić information content (AvgIpc) is 2.91. The normalized spacial score (nSPS) is 49.2. The summed E-state index contributed by atoms with van der Waals surface area (Å²) >= 11 is 0. The van der Waals surface area contributed by atoms with Crippen molar-refractivity contribution in [3.05, 3.63) is 12.7 Å². The molecule has 0 aromatic carbocycles. The Kier molecular flexibility index (Phi) is 3.09. The van der Waals surface area contributed by atoms with Gasteiger partial charge >= 0.3 is 0 Å². The lowest BCUT2D eigenvalue weighted by molar-refractivity contribution is -0.232. The van der Waals surface area contributed by atoms with E-state index in [0.29, 0.717) is 6.61 Å². The van der Waals surface area contributed by atoms with Crippen molar-refractivity contribution in [2.45, 2.75) is 70.8 Å². The zero-order valence-electron chi connectivity index (χ0n) is 12.8. The maximum atomic E-state index is 6.08. The van der Waals surface area contributed by atoms with E-state index in [0.717, 1.165) is 0 Å². The first-order valence-corrected chi connectivity index (χ1v) is 7.13. The highest BCUT2D eigenvalue weighted by Crippen LogP contribution is 2.51. The zero-order chi connectivity index (χ0) is 14.8. The van der Waals surface area contributed by atoms with Crippen LogP contribution < -0.4 is 0 Å². The van der Waals surface area contributed by atoms with Gasteiger partial charge in [-0.05, 0) is 27.7 Å². The van der Waals surface area contributed by atoms with Crippen LogP contribution in [0.25, 0.3) is 0 Å². The van der Waals surface area contributed by atoms with Crippen LogP contribution in [-0.4, -0.2) is 42.8 Å². The molecule has 5 atom stereocenters. The smallest absolute Gasteiger partial charge is 0.188 e. The summed E-state index contributed by atoms with van der Waals surface area (Å²) in [7, 11) is 0. The Balaban J connectivity index is 1.83. The molecule has 0 N–H and O–H groups in total. The van der Waals surface area contributed by atoms with Crippen molar-refractivity contribution in [3.8, 4) is 0 Å². The Morgan fingerprint density at radius 2 is 1.65 bits per heavy atom. The molecule has 0 aromatic rings. The van der Waals surface area contributed by atoms with Crippen LogP contribution in [0.1, 0.15) is 34.6 Å². The van der Waals surface area contributed by atoms with Crippen molar-refractivity contribution >= 4 is 0 Å². The van der Waals surface area contributed by atoms with Crippen molar-refractivity contribution in [2.75, 3.05) is 6.61 Å². The molecule has 0 aromatic heterocycles. The standard InChI is InChI=1S/C15H24O5/c1-7-15(6)10(9-8-16-13(2,3)18-9)17-12-11(15)19-14(4,5)20-12/h7,9-12H,1,8H2,2-6H3/t9?,10-,11-,12+,15+/m0/s1. The molecule has 0 spiro atoms. The lowest BCUT2D eigenvalue weighted by Crippen LogP contribution is -2.45. The largest absolute Gasteiger partial charge is 0.348 e. The molecular weight excluding hydrogens is 260 g/mol. The van der Waals surface area contributed by atoms with E-state index in [4.69, 9.17) is 23.7 Å². The number of fused-ring (bicyclic) bond motifs is 1. The summed E-state index contributed by atoms with van der Waals surface area (Å²) in [5.74, 6) is -1.20. The Hall–Kier alpha value is -0.460. The molecule has 5 nitrogen and oxygen atoms in total. The highest BCUT2D eigenvalue weighted by Gasteiger charge is 2.63. The molecule has 3 rings (SSSR count). The van der Waals surface area contributed by atoms with Gasteiger partial charge in [-0.15, -0.1) is 6.58 Å². The molecule has 3 heterocycles. The maximum Gasteiger partial charge on any atom is 0.188 e. The first kappa shape index (κ1) is 14.5. The minimum atomic E-state index is -0.628. The quantitative estimate of drug-likeness (QED) is 0.728. The maximum absolute atomic E-state index is 6.08. The van der Waals surface area contributed by atoms with Crippen molar-refractivity contribution < 1.29 is 23.7 Å². The van der Waals surface area contributed by atoms with Crippen LogP contribution in [0.3, 0.4) is 0 Å². The summed E-state index contributed by atoms with van der Waals surface area (Å²) in [6.07, 6.45) is 1.00. The third kappa shape index (κ3) is 2.12. The van der Waals surface area contributed by atoms with E-state index < -0.39 is 11.6 Å². The van der Waals surface area contributed by atoms with Crippen molar-refractivity contribution in [1.29, 1.82) is 0 Å². The fourth-order valence-electron chi connectivity index (χ4n) is 3.29. The molecule has 0 saturated carbocycles. The van der Waals surface area contributed by atoms with Gasteiger partial charge in [-0.25, -0.2) is 0 Å². The molecule has 3 aliphatic heterocycles. The number of hydrogen-bond donors (Lipinski definition) is 0. The van der Waals surface area contributed by atoms with E-state index in [1.807, 2.05) is 33.8 Å². The number of rotatable bonds is 2. The molecule has 3 aliphatic rings. The van der Waals surface area contributed by atoms with Crippen molar-refractivity contribution in [2.24, 2.45) is 5.41 Å². The minimum Gasteiger partial charge on any atom is -0.348 e. The average molecular weight is 284 g/mol. The summed E-state index contributed by atoms with van der Waals surface area (Å²) in [5, 5.41) is 0. The monoisotopic (exact) mass is 284 g/mol. The van der Waals surface area contributed by atoms with Gasteiger partial charge in [-0.1, -0.05) is 13.0 Å². The molecule has 3 fully saturated rings. The molecule has 0 aliphatic carbocycles. The van der Waals surface area contributed by atoms with E-state index in [1.54, 1.807) is 0 Å². The van der Waals surface area contributed by atoms with Gasteiger partial charge in [-0.2, -0.15) is 0 Å². The van der Waals surface area contributed by atoms with Crippen LogP contribution in [0.4, 0.5) is 0 Å². The second-order valence-corrected chi connectivity index (χ2v) is 6.92. The van der Waals surface area contributed by atoms with E-state index in [-0.39, 0.29) is 30.0 Å². The van der Waals surface area contributed by atoms with E-state index in [1.165, 1.54) is 0 Å². The van der Waals surface area contributed by atoms with Crippen LogP contribution in [0.2, 0.25) is 0 Å². The topological polar surface area (TPSA) is 46.2 Å². The second kappa shape index (κ2) is 4.27. The molecule has 3 saturated heterocycles. The molecule has 5 heteroatoms. The molecule has 1 unspecified atom stereocenters. The van der Waals surface area contributed by atoms with Crippen LogP contribution in [0.5, 0.6) is 0 Å². The van der Waals surface area contributed by atoms with Gasteiger partial charge in [0.15, 0.2) is 17.9 Å². The highest BCUT2D eigenvalue weighted by molar-refractivity contribution is 5.12. The van der Waals surface area contributed by atoms with Gasteiger partial charge in [-0.3, -0.25) is 0 Å². The van der Waals surface area contributed by atoms with Gasteiger partial charge in [0, 0.05) is 5.41 Å². The molecular formula is C15H24O5. The first-order chi connectivity index (χ1) is 9.17. The van der Waals surface area contributed by atoms with Crippen molar-refractivity contribution in [1.82, 2.24) is 0 Å². The van der Waals surface area contributed by atoms with Gasteiger partial charge in [0.25, 0.3) is 0 Å². The first-order valence-electron chi connectivity index (χ1n) is 7.13. The molecule has 0 amide bonds. The summed E-state index contributed by atoms with van der Waals surface area (Å²) < 4.78 is 29.5. The van der Waals surface area contributed by atoms with Crippen LogP contribution in [0, 0.1) is 5.41 Å². The third-order valence-corrected chi connectivity index (χ3v) is 4.37. The zero-order valence-corrected chi connectivity index (χ0v) is 12.8. The second-order valence-electron chi connectivity index (χ2n) is 6.92. The van der Waals surface area contributed by atoms with Gasteiger partial charge < -0.3 is 23.7 Å². The fraction of sp³-hybridized carbons (Fsp3) is 0.867. The predicted molar refractivity (Wildman–Crippen MR) is 71.9 cm³/mol. The van der Waals surface area contributed by atoms with Gasteiger partial charge in [0.05, 0.1) is 6.61 Å². The van der Waals surface area contributed by atoms with Gasteiger partial charge in [0.2, 0.25) is 0 Å². The van der Waals surface area contributed by atoms with Crippen LogP contribution in [-0.2, 0) is 23.7 Å². The predicted octanol–water partition coefficient (Wildman–Crippen LogP) is 2.21. The summed E-state index contributed by atoms with van der Waals surface area (Å²) in [6, 6.07) is 0. The number of ether oxygens (including phenoxy) is 5. The van der Waals surface area contributed by atoms with E-state index in [2.05, 4.69) is 13.5 Å². The SMILES string of the molecule is C=C[C@]1(C)[C@H](C2COC(C)(C)O2)O[C@@H]2OC(C)(C)O[C@@H]21. The fourth-order valence-corrected chi connectivity index (χ4v) is 3.29. The lowest BCUT2D eigenvalue weighted by atomic mass is 9.78. The minimum absolute atomic E-state index is 0.145. The van der Waals surface area contributed by atoms with Crippen LogP contribution in [0.15, 0.2) is 12.7 Å².